The fourth-order valence-corrected chi connectivity index (χ4v) is 8.89. The van der Waals surface area contributed by atoms with Crippen molar-refractivity contribution >= 4 is 21.8 Å². The third-order valence-corrected chi connectivity index (χ3v) is 10.8. The van der Waals surface area contributed by atoms with Gasteiger partial charge in [-0.1, -0.05) is 82.3 Å². The number of aromatic hydroxyl groups is 2. The molecule has 0 atom stereocenters. The fourth-order valence-electron chi connectivity index (χ4n) is 8.89. The van der Waals surface area contributed by atoms with Crippen LogP contribution in [0.5, 0.6) is 11.5 Å². The van der Waals surface area contributed by atoms with Crippen LogP contribution in [0.2, 0.25) is 0 Å². The topological polar surface area (TPSA) is 63.2 Å². The summed E-state index contributed by atoms with van der Waals surface area (Å²) in [5.41, 5.74) is 12.3. The molecule has 1 aliphatic heterocycles. The minimum atomic E-state index is -0.449. The highest BCUT2D eigenvalue weighted by molar-refractivity contribution is 6.07. The number of benzene rings is 4. The maximum Gasteiger partial charge on any atom is 0.128 e. The minimum absolute atomic E-state index is 0.285. The van der Waals surface area contributed by atoms with Gasteiger partial charge in [-0.3, -0.25) is 0 Å². The summed E-state index contributed by atoms with van der Waals surface area (Å²) >= 11 is 0. The standard InChI is InChI=1S/C44H43N3O2/c1-25-20-29-39-37(27-14-9-11-18-35(27)46(39)7)33-16-13-17-34(45-33)38-28-15-10-12-19-36(28)47(8)40(38)30-21-26(2)23-32(42(30)49)44(5,6)24-43(3,4)31(22-25)41(29)48/h9-23,48-49H,24H2,1-8H3. The average molecular weight is 646 g/mol. The van der Waals surface area contributed by atoms with Crippen molar-refractivity contribution in [3.8, 4) is 56.5 Å². The summed E-state index contributed by atoms with van der Waals surface area (Å²) in [6.07, 6.45) is 0.692. The van der Waals surface area contributed by atoms with Crippen LogP contribution in [0.4, 0.5) is 0 Å². The van der Waals surface area contributed by atoms with E-state index in [0.717, 1.165) is 89.1 Å². The zero-order chi connectivity index (χ0) is 34.6. The summed E-state index contributed by atoms with van der Waals surface area (Å²) in [6, 6.07) is 31.5. The Labute approximate surface area is 288 Å². The number of para-hydroxylation sites is 2. The smallest absolute Gasteiger partial charge is 0.128 e. The number of aryl methyl sites for hydroxylation is 4. The first kappa shape index (κ1) is 31.0. The zero-order valence-electron chi connectivity index (χ0n) is 29.6. The lowest BCUT2D eigenvalue weighted by Gasteiger charge is -2.37. The Balaban J connectivity index is 1.58. The number of phenolic OH excluding ortho intramolecular Hbond substituents is 2. The molecule has 2 N–H and O–H groups in total. The Kier molecular flexibility index (Phi) is 6.71. The van der Waals surface area contributed by atoms with Crippen LogP contribution in [0.1, 0.15) is 56.4 Å². The normalized spacial score (nSPS) is 14.9. The summed E-state index contributed by atoms with van der Waals surface area (Å²) in [5.74, 6) is 0.569. The van der Waals surface area contributed by atoms with Gasteiger partial charge in [0.05, 0.1) is 22.8 Å². The van der Waals surface area contributed by atoms with Crippen molar-refractivity contribution in [2.24, 2.45) is 14.1 Å². The van der Waals surface area contributed by atoms with Gasteiger partial charge in [0, 0.05) is 69.3 Å². The molecule has 0 unspecified atom stereocenters. The Bertz CT molecular complexity index is 2320. The molecule has 0 saturated heterocycles. The number of hydrogen-bond acceptors (Lipinski definition) is 3. The van der Waals surface area contributed by atoms with Crippen molar-refractivity contribution in [1.82, 2.24) is 14.1 Å². The second kappa shape index (κ2) is 10.6. The number of hydrogen-bond donors (Lipinski definition) is 2. The van der Waals surface area contributed by atoms with Crippen molar-refractivity contribution in [2.75, 3.05) is 0 Å². The summed E-state index contributed by atoms with van der Waals surface area (Å²) in [5, 5.41) is 26.9. The highest BCUT2D eigenvalue weighted by Crippen LogP contribution is 2.52. The van der Waals surface area contributed by atoms with E-state index in [1.165, 1.54) is 0 Å². The van der Waals surface area contributed by atoms with E-state index in [-0.39, 0.29) is 11.5 Å². The molecule has 0 spiro atoms. The van der Waals surface area contributed by atoms with Crippen LogP contribution in [0.3, 0.4) is 0 Å². The molecule has 5 nitrogen and oxygen atoms in total. The predicted octanol–water partition coefficient (Wildman–Crippen LogP) is 10.7. The molecule has 6 bridgehead atoms. The lowest BCUT2D eigenvalue weighted by Crippen LogP contribution is -2.30. The molecule has 7 aromatic rings. The number of pyridine rings is 1. The van der Waals surface area contributed by atoms with Crippen LogP contribution >= 0.6 is 0 Å². The molecule has 246 valence electrons. The summed E-state index contributed by atoms with van der Waals surface area (Å²) in [6.45, 7) is 13.0. The predicted molar refractivity (Wildman–Crippen MR) is 202 cm³/mol. The van der Waals surface area contributed by atoms with E-state index < -0.39 is 10.8 Å². The molecule has 5 heteroatoms. The molecule has 0 radical (unpaired) electrons. The van der Waals surface area contributed by atoms with Crippen molar-refractivity contribution < 1.29 is 10.2 Å². The van der Waals surface area contributed by atoms with Gasteiger partial charge in [0.1, 0.15) is 11.5 Å². The van der Waals surface area contributed by atoms with E-state index in [1.54, 1.807) is 0 Å². The van der Waals surface area contributed by atoms with Gasteiger partial charge < -0.3 is 19.3 Å². The van der Waals surface area contributed by atoms with Gasteiger partial charge in [0.15, 0.2) is 0 Å². The molecular weight excluding hydrogens is 603 g/mol. The van der Waals surface area contributed by atoms with Gasteiger partial charge in [-0.25, -0.2) is 4.98 Å². The van der Waals surface area contributed by atoms with Gasteiger partial charge in [-0.15, -0.1) is 0 Å². The number of aromatic nitrogens is 3. The average Bonchev–Trinajstić information content (AvgIpc) is 3.52. The molecule has 4 aromatic carbocycles. The number of nitrogens with zero attached hydrogens (tertiary/aromatic N) is 3. The molecule has 4 heterocycles. The molecular formula is C44H43N3O2. The largest absolute Gasteiger partial charge is 0.507 e. The van der Waals surface area contributed by atoms with Crippen LogP contribution in [0, 0.1) is 13.8 Å². The summed E-state index contributed by atoms with van der Waals surface area (Å²) in [4.78, 5) is 5.46. The first-order valence-corrected chi connectivity index (χ1v) is 17.1. The van der Waals surface area contributed by atoms with Crippen molar-refractivity contribution in [3.63, 3.8) is 0 Å². The molecule has 8 rings (SSSR count). The monoisotopic (exact) mass is 645 g/mol. The van der Waals surface area contributed by atoms with Crippen LogP contribution in [-0.2, 0) is 24.9 Å². The lowest BCUT2D eigenvalue weighted by atomic mass is 9.67. The van der Waals surface area contributed by atoms with Crippen LogP contribution in [-0.4, -0.2) is 24.3 Å². The number of rotatable bonds is 0. The van der Waals surface area contributed by atoms with Crippen molar-refractivity contribution in [1.29, 1.82) is 0 Å². The van der Waals surface area contributed by atoms with Crippen molar-refractivity contribution in [2.45, 2.75) is 58.8 Å². The van der Waals surface area contributed by atoms with E-state index in [1.807, 2.05) is 0 Å². The van der Waals surface area contributed by atoms with Gasteiger partial charge in [0.25, 0.3) is 0 Å². The van der Waals surface area contributed by atoms with E-state index in [9.17, 15) is 10.2 Å². The first-order chi connectivity index (χ1) is 23.3. The molecule has 0 aliphatic carbocycles. The molecule has 0 amide bonds. The highest BCUT2D eigenvalue weighted by atomic mass is 16.3. The zero-order valence-corrected chi connectivity index (χ0v) is 29.6. The van der Waals surface area contributed by atoms with Gasteiger partial charge >= 0.3 is 0 Å². The van der Waals surface area contributed by atoms with Crippen LogP contribution in [0.15, 0.2) is 91.0 Å². The Morgan fingerprint density at radius 1 is 0.571 bits per heavy atom. The summed E-state index contributed by atoms with van der Waals surface area (Å²) < 4.78 is 4.40. The molecule has 3 aromatic heterocycles. The van der Waals surface area contributed by atoms with E-state index in [0.29, 0.717) is 6.42 Å². The van der Waals surface area contributed by atoms with E-state index in [4.69, 9.17) is 4.98 Å². The maximum absolute atomic E-state index is 12.4. The minimum Gasteiger partial charge on any atom is -0.507 e. The maximum atomic E-state index is 12.4. The van der Waals surface area contributed by atoms with Gasteiger partial charge in [-0.2, -0.15) is 0 Å². The first-order valence-electron chi connectivity index (χ1n) is 17.1. The second-order valence-electron chi connectivity index (χ2n) is 15.4. The Hall–Kier alpha value is -5.29. The quantitative estimate of drug-likeness (QED) is 0.173. The molecule has 49 heavy (non-hydrogen) atoms. The Morgan fingerprint density at radius 2 is 0.980 bits per heavy atom. The van der Waals surface area contributed by atoms with Gasteiger partial charge in [-0.05, 0) is 78.6 Å². The SMILES string of the molecule is Cc1cc2c(O)c(c1)C(C)(C)CC(C)(C)c1cc(C)cc(c1O)-c1c(c3ccccc3n1C)-c1cccc(n1)-c1c-2n(C)c2ccccc12. The number of phenols is 2. The molecule has 1 aliphatic rings. The van der Waals surface area contributed by atoms with E-state index >= 15 is 0 Å². The van der Waals surface area contributed by atoms with Crippen molar-refractivity contribution in [3.05, 3.63) is 113 Å². The molecule has 0 saturated carbocycles. The molecule has 0 fully saturated rings. The fraction of sp³-hybridized carbons (Fsp3) is 0.250. The second-order valence-corrected chi connectivity index (χ2v) is 15.4. The third kappa shape index (κ3) is 4.55. The van der Waals surface area contributed by atoms with Gasteiger partial charge in [0.2, 0.25) is 0 Å². The van der Waals surface area contributed by atoms with Crippen LogP contribution < -0.4 is 0 Å². The Morgan fingerprint density at radius 3 is 1.41 bits per heavy atom. The summed E-state index contributed by atoms with van der Waals surface area (Å²) in [7, 11) is 4.17. The lowest BCUT2D eigenvalue weighted by molar-refractivity contribution is 0.328. The van der Waals surface area contributed by atoms with E-state index in [2.05, 4.69) is 156 Å². The highest BCUT2D eigenvalue weighted by Gasteiger charge is 2.37. The van der Waals surface area contributed by atoms with Crippen LogP contribution in [0.25, 0.3) is 66.8 Å². The number of fused-ring (bicyclic) bond motifs is 16. The third-order valence-electron chi connectivity index (χ3n) is 10.8.